The van der Waals surface area contributed by atoms with Crippen LogP contribution in [0.2, 0.25) is 5.02 Å². The number of nitrogens with one attached hydrogen (secondary N) is 2. The standard InChI is InChI=1S/C26H18ClN3O3S/c1-14-8-11-23-21(12-14)29-25(33-23)19-10-9-15(13-22(19)31)28-26(34)30-24(32)18-6-2-5-17-16(18)4-3-7-20(17)27/h2-13,31H,1H3,(H2,28,30,32,34). The number of anilines is 1. The molecule has 1 heterocycles. The highest BCUT2D eigenvalue weighted by molar-refractivity contribution is 7.80. The second kappa shape index (κ2) is 8.78. The lowest BCUT2D eigenvalue weighted by atomic mass is 10.0. The summed E-state index contributed by atoms with van der Waals surface area (Å²) in [6, 6.07) is 21.3. The van der Waals surface area contributed by atoms with E-state index in [0.29, 0.717) is 33.3 Å². The van der Waals surface area contributed by atoms with E-state index in [0.717, 1.165) is 21.9 Å². The van der Waals surface area contributed by atoms with Gasteiger partial charge in [0, 0.05) is 27.7 Å². The minimum atomic E-state index is -0.368. The highest BCUT2D eigenvalue weighted by atomic mass is 35.5. The van der Waals surface area contributed by atoms with Gasteiger partial charge in [-0.3, -0.25) is 10.1 Å². The number of halogens is 1. The minimum Gasteiger partial charge on any atom is -0.507 e. The molecule has 5 rings (SSSR count). The van der Waals surface area contributed by atoms with Gasteiger partial charge in [-0.25, -0.2) is 4.98 Å². The smallest absolute Gasteiger partial charge is 0.258 e. The molecule has 0 fully saturated rings. The molecule has 0 saturated carbocycles. The fraction of sp³-hybridized carbons (Fsp3) is 0.0385. The van der Waals surface area contributed by atoms with Gasteiger partial charge in [0.1, 0.15) is 11.3 Å². The number of fused-ring (bicyclic) bond motifs is 2. The van der Waals surface area contributed by atoms with Gasteiger partial charge in [-0.15, -0.1) is 0 Å². The Balaban J connectivity index is 1.33. The number of carbonyl (C=O) groups excluding carboxylic acids is 1. The zero-order valence-corrected chi connectivity index (χ0v) is 19.5. The minimum absolute atomic E-state index is 0.0360. The number of phenols is 1. The first kappa shape index (κ1) is 21.9. The SMILES string of the molecule is Cc1ccc2oc(-c3ccc(NC(=S)NC(=O)c4cccc5c(Cl)cccc45)cc3O)nc2c1. The van der Waals surface area contributed by atoms with Crippen LogP contribution in [0.5, 0.6) is 5.75 Å². The molecule has 0 aliphatic carbocycles. The zero-order chi connectivity index (χ0) is 23.8. The van der Waals surface area contributed by atoms with Crippen LogP contribution in [-0.4, -0.2) is 21.1 Å². The molecule has 0 unspecified atom stereocenters. The van der Waals surface area contributed by atoms with E-state index in [4.69, 9.17) is 28.2 Å². The summed E-state index contributed by atoms with van der Waals surface area (Å²) in [7, 11) is 0. The molecule has 6 nitrogen and oxygen atoms in total. The number of oxazole rings is 1. The summed E-state index contributed by atoms with van der Waals surface area (Å²) in [5, 5.41) is 18.3. The van der Waals surface area contributed by atoms with Crippen molar-refractivity contribution in [2.24, 2.45) is 0 Å². The predicted octanol–water partition coefficient (Wildman–Crippen LogP) is 6.44. The molecule has 34 heavy (non-hydrogen) atoms. The van der Waals surface area contributed by atoms with E-state index in [1.165, 1.54) is 6.07 Å². The molecular weight excluding hydrogens is 470 g/mol. The van der Waals surface area contributed by atoms with Crippen LogP contribution < -0.4 is 10.6 Å². The largest absolute Gasteiger partial charge is 0.507 e. The van der Waals surface area contributed by atoms with Gasteiger partial charge in [0.25, 0.3) is 5.91 Å². The third kappa shape index (κ3) is 4.19. The van der Waals surface area contributed by atoms with Gasteiger partial charge in [0.2, 0.25) is 5.89 Å². The number of amides is 1. The second-order valence-electron chi connectivity index (χ2n) is 7.77. The third-order valence-electron chi connectivity index (χ3n) is 5.37. The molecule has 0 radical (unpaired) electrons. The first-order chi connectivity index (χ1) is 16.4. The van der Waals surface area contributed by atoms with E-state index in [-0.39, 0.29) is 16.8 Å². The number of aryl methyl sites for hydroxylation is 1. The first-order valence-corrected chi connectivity index (χ1v) is 11.2. The second-order valence-corrected chi connectivity index (χ2v) is 8.59. The van der Waals surface area contributed by atoms with Crippen LogP contribution in [0.25, 0.3) is 33.3 Å². The van der Waals surface area contributed by atoms with Gasteiger partial charge in [0.05, 0.1) is 5.56 Å². The molecule has 0 saturated heterocycles. The summed E-state index contributed by atoms with van der Waals surface area (Å²) < 4.78 is 5.77. The maximum absolute atomic E-state index is 12.8. The molecule has 0 spiro atoms. The van der Waals surface area contributed by atoms with Crippen molar-refractivity contribution in [3.05, 3.63) is 88.9 Å². The normalized spacial score (nSPS) is 11.0. The fourth-order valence-electron chi connectivity index (χ4n) is 3.75. The Labute approximate surface area is 205 Å². The quantitative estimate of drug-likeness (QED) is 0.254. The number of aromatic nitrogens is 1. The van der Waals surface area contributed by atoms with E-state index in [1.54, 1.807) is 36.4 Å². The third-order valence-corrected chi connectivity index (χ3v) is 5.90. The number of rotatable bonds is 3. The summed E-state index contributed by atoms with van der Waals surface area (Å²) in [5.74, 6) is -0.0887. The zero-order valence-electron chi connectivity index (χ0n) is 17.9. The molecule has 0 aliphatic rings. The molecule has 0 atom stereocenters. The van der Waals surface area contributed by atoms with Crippen molar-refractivity contribution in [2.75, 3.05) is 5.32 Å². The van der Waals surface area contributed by atoms with Crippen molar-refractivity contribution in [3.63, 3.8) is 0 Å². The summed E-state index contributed by atoms with van der Waals surface area (Å²) in [4.78, 5) is 17.3. The summed E-state index contributed by atoms with van der Waals surface area (Å²) in [5.41, 5.74) is 3.82. The van der Waals surface area contributed by atoms with Gasteiger partial charge < -0.3 is 14.8 Å². The van der Waals surface area contributed by atoms with Gasteiger partial charge in [-0.05, 0) is 66.5 Å². The molecular formula is C26H18ClN3O3S. The van der Waals surface area contributed by atoms with Crippen LogP contribution in [0.3, 0.4) is 0 Å². The Bertz CT molecular complexity index is 1600. The fourth-order valence-corrected chi connectivity index (χ4v) is 4.19. The van der Waals surface area contributed by atoms with E-state index in [9.17, 15) is 9.90 Å². The van der Waals surface area contributed by atoms with Crippen LogP contribution in [0, 0.1) is 6.92 Å². The Morgan fingerprint density at radius 2 is 1.82 bits per heavy atom. The van der Waals surface area contributed by atoms with E-state index in [1.807, 2.05) is 37.3 Å². The molecule has 8 heteroatoms. The van der Waals surface area contributed by atoms with E-state index < -0.39 is 0 Å². The summed E-state index contributed by atoms with van der Waals surface area (Å²) in [6.45, 7) is 1.98. The number of carbonyl (C=O) groups is 1. The number of aromatic hydroxyl groups is 1. The predicted molar refractivity (Wildman–Crippen MR) is 138 cm³/mol. The Hall–Kier alpha value is -3.94. The molecule has 1 amide bonds. The lowest BCUT2D eigenvalue weighted by Gasteiger charge is -2.12. The Kier molecular flexibility index (Phi) is 5.65. The number of thiocarbonyl (C=S) groups is 1. The maximum atomic E-state index is 12.8. The van der Waals surface area contributed by atoms with Crippen LogP contribution in [0.15, 0.2) is 77.2 Å². The lowest BCUT2D eigenvalue weighted by Crippen LogP contribution is -2.34. The van der Waals surface area contributed by atoms with Crippen LogP contribution in [0.4, 0.5) is 5.69 Å². The van der Waals surface area contributed by atoms with Crippen LogP contribution in [0.1, 0.15) is 15.9 Å². The van der Waals surface area contributed by atoms with Crippen molar-refractivity contribution >= 4 is 62.4 Å². The van der Waals surface area contributed by atoms with Crippen LogP contribution >= 0.6 is 23.8 Å². The number of phenolic OH excluding ortho intramolecular Hbond substituents is 1. The highest BCUT2D eigenvalue weighted by Gasteiger charge is 2.15. The van der Waals surface area contributed by atoms with Crippen molar-refractivity contribution in [3.8, 4) is 17.2 Å². The summed E-state index contributed by atoms with van der Waals surface area (Å²) in [6.07, 6.45) is 0. The molecule has 3 N–H and O–H groups in total. The van der Waals surface area contributed by atoms with E-state index >= 15 is 0 Å². The molecule has 0 bridgehead atoms. The van der Waals surface area contributed by atoms with Crippen molar-refractivity contribution < 1.29 is 14.3 Å². The average molecular weight is 488 g/mol. The molecule has 1 aromatic heterocycles. The summed E-state index contributed by atoms with van der Waals surface area (Å²) >= 11 is 11.5. The monoisotopic (exact) mass is 487 g/mol. The van der Waals surface area contributed by atoms with Crippen LogP contribution in [-0.2, 0) is 0 Å². The number of hydrogen-bond donors (Lipinski definition) is 3. The van der Waals surface area contributed by atoms with Gasteiger partial charge in [-0.2, -0.15) is 0 Å². The molecule has 5 aromatic rings. The van der Waals surface area contributed by atoms with E-state index in [2.05, 4.69) is 15.6 Å². The average Bonchev–Trinajstić information content (AvgIpc) is 3.21. The molecule has 0 aliphatic heterocycles. The molecule has 168 valence electrons. The van der Waals surface area contributed by atoms with Gasteiger partial charge >= 0.3 is 0 Å². The van der Waals surface area contributed by atoms with Crippen molar-refractivity contribution in [1.29, 1.82) is 0 Å². The van der Waals surface area contributed by atoms with Crippen molar-refractivity contribution in [1.82, 2.24) is 10.3 Å². The number of hydrogen-bond acceptors (Lipinski definition) is 5. The highest BCUT2D eigenvalue weighted by Crippen LogP contribution is 2.33. The number of benzene rings is 4. The first-order valence-electron chi connectivity index (χ1n) is 10.4. The molecule has 4 aromatic carbocycles. The van der Waals surface area contributed by atoms with Gasteiger partial charge in [-0.1, -0.05) is 41.9 Å². The lowest BCUT2D eigenvalue weighted by molar-refractivity contribution is 0.0979. The van der Waals surface area contributed by atoms with Crippen molar-refractivity contribution in [2.45, 2.75) is 6.92 Å². The number of nitrogens with zero attached hydrogens (tertiary/aromatic N) is 1. The Morgan fingerprint density at radius 1 is 1.03 bits per heavy atom. The Morgan fingerprint density at radius 3 is 2.65 bits per heavy atom. The maximum Gasteiger partial charge on any atom is 0.258 e. The van der Waals surface area contributed by atoms with Gasteiger partial charge in [0.15, 0.2) is 10.7 Å². The topological polar surface area (TPSA) is 87.4 Å².